The van der Waals surface area contributed by atoms with Crippen LogP contribution in [-0.2, 0) is 6.54 Å². The second kappa shape index (κ2) is 5.40. The number of carbonyl (C=O) groups excluding carboxylic acids is 1. The molecule has 2 rings (SSSR count). The van der Waals surface area contributed by atoms with E-state index in [4.69, 9.17) is 5.73 Å². The van der Waals surface area contributed by atoms with E-state index in [0.29, 0.717) is 17.8 Å². The highest BCUT2D eigenvalue weighted by molar-refractivity contribution is 7.11. The zero-order chi connectivity index (χ0) is 14.0. The average Bonchev–Trinajstić information content (AvgIpc) is 2.77. The van der Waals surface area contributed by atoms with Gasteiger partial charge in [0.05, 0.1) is 17.1 Å². The van der Waals surface area contributed by atoms with Crippen molar-refractivity contribution in [3.63, 3.8) is 0 Å². The third-order valence-corrected chi connectivity index (χ3v) is 3.75. The van der Waals surface area contributed by atoms with Gasteiger partial charge in [-0.1, -0.05) is 11.6 Å². The molecule has 0 aliphatic heterocycles. The Kier molecular flexibility index (Phi) is 3.85. The monoisotopic (exact) mass is 275 g/mol. The maximum absolute atomic E-state index is 12.4. The predicted octanol–water partition coefficient (Wildman–Crippen LogP) is 2.61. The summed E-state index contributed by atoms with van der Waals surface area (Å²) in [6.07, 6.45) is 1.81. The van der Waals surface area contributed by atoms with Crippen LogP contribution in [0.5, 0.6) is 0 Å². The Morgan fingerprint density at radius 1 is 1.42 bits per heavy atom. The van der Waals surface area contributed by atoms with Crippen LogP contribution in [-0.4, -0.2) is 22.8 Å². The number of hydrogen-bond donors (Lipinski definition) is 1. The summed E-state index contributed by atoms with van der Waals surface area (Å²) in [5, 5.41) is 1.01. The van der Waals surface area contributed by atoms with E-state index in [0.717, 1.165) is 15.4 Å². The van der Waals surface area contributed by atoms with Gasteiger partial charge in [0, 0.05) is 23.8 Å². The Labute approximate surface area is 116 Å². The number of aromatic nitrogens is 1. The number of hydrogen-bond acceptors (Lipinski definition) is 4. The van der Waals surface area contributed by atoms with Gasteiger partial charge in [0.1, 0.15) is 0 Å². The van der Waals surface area contributed by atoms with Crippen LogP contribution in [0.1, 0.15) is 25.8 Å². The summed E-state index contributed by atoms with van der Waals surface area (Å²) in [5.41, 5.74) is 7.97. The summed E-state index contributed by atoms with van der Waals surface area (Å²) in [6.45, 7) is 4.45. The summed E-state index contributed by atoms with van der Waals surface area (Å²) in [5.74, 6) is -0.0627. The smallest absolute Gasteiger partial charge is 0.256 e. The first-order chi connectivity index (χ1) is 8.97. The van der Waals surface area contributed by atoms with Crippen LogP contribution in [0.25, 0.3) is 0 Å². The van der Waals surface area contributed by atoms with Crippen LogP contribution in [0.3, 0.4) is 0 Å². The normalized spacial score (nSPS) is 10.5. The molecule has 0 aliphatic carbocycles. The van der Waals surface area contributed by atoms with E-state index in [-0.39, 0.29) is 5.91 Å². The minimum Gasteiger partial charge on any atom is -0.398 e. The standard InChI is InChI=1S/C14H17N3OS/c1-9-4-5-13(15)12(6-9)14(18)17(3)8-11-7-16-10(2)19-11/h4-7H,8,15H2,1-3H3. The van der Waals surface area contributed by atoms with Crippen molar-refractivity contribution in [3.05, 3.63) is 45.4 Å². The van der Waals surface area contributed by atoms with Crippen LogP contribution in [0.15, 0.2) is 24.4 Å². The van der Waals surface area contributed by atoms with Crippen molar-refractivity contribution in [3.8, 4) is 0 Å². The number of aryl methyl sites for hydroxylation is 2. The number of amides is 1. The molecule has 0 aliphatic rings. The molecule has 0 radical (unpaired) electrons. The van der Waals surface area contributed by atoms with Gasteiger partial charge < -0.3 is 10.6 Å². The molecule has 2 N–H and O–H groups in total. The van der Waals surface area contributed by atoms with E-state index in [1.54, 1.807) is 29.4 Å². The molecule has 100 valence electrons. The number of nitrogens with two attached hydrogens (primary N) is 1. The van der Waals surface area contributed by atoms with Gasteiger partial charge in [0.2, 0.25) is 0 Å². The van der Waals surface area contributed by atoms with E-state index >= 15 is 0 Å². The van der Waals surface area contributed by atoms with E-state index in [1.165, 1.54) is 0 Å². The number of rotatable bonds is 3. The van der Waals surface area contributed by atoms with Gasteiger partial charge in [0.25, 0.3) is 5.91 Å². The molecular weight excluding hydrogens is 258 g/mol. The number of anilines is 1. The maximum Gasteiger partial charge on any atom is 0.256 e. The third-order valence-electron chi connectivity index (χ3n) is 2.85. The van der Waals surface area contributed by atoms with Crippen LogP contribution >= 0.6 is 11.3 Å². The molecule has 2 aromatic rings. The lowest BCUT2D eigenvalue weighted by Gasteiger charge is -2.17. The summed E-state index contributed by atoms with van der Waals surface area (Å²) in [4.78, 5) is 19.3. The SMILES string of the molecule is Cc1ccc(N)c(C(=O)N(C)Cc2cnc(C)s2)c1. The highest BCUT2D eigenvalue weighted by Gasteiger charge is 2.15. The molecule has 1 amide bonds. The van der Waals surface area contributed by atoms with Gasteiger partial charge in [-0.15, -0.1) is 11.3 Å². The predicted molar refractivity (Wildman–Crippen MR) is 78.2 cm³/mol. The molecule has 19 heavy (non-hydrogen) atoms. The summed E-state index contributed by atoms with van der Waals surface area (Å²) < 4.78 is 0. The molecule has 1 aromatic heterocycles. The largest absolute Gasteiger partial charge is 0.398 e. The van der Waals surface area contributed by atoms with Gasteiger partial charge in [-0.3, -0.25) is 4.79 Å². The molecule has 1 aromatic carbocycles. The summed E-state index contributed by atoms with van der Waals surface area (Å²) in [6, 6.07) is 5.50. The molecule has 0 bridgehead atoms. The van der Waals surface area contributed by atoms with Crippen LogP contribution < -0.4 is 5.73 Å². The Balaban J connectivity index is 2.16. The maximum atomic E-state index is 12.4. The molecule has 5 heteroatoms. The van der Waals surface area contributed by atoms with Gasteiger partial charge in [0.15, 0.2) is 0 Å². The molecule has 0 saturated carbocycles. The lowest BCUT2D eigenvalue weighted by Crippen LogP contribution is -2.26. The fraction of sp³-hybridized carbons (Fsp3) is 0.286. The number of nitrogens with zero attached hydrogens (tertiary/aromatic N) is 2. The molecule has 0 atom stereocenters. The number of nitrogen functional groups attached to an aromatic ring is 1. The first-order valence-corrected chi connectivity index (χ1v) is 6.82. The van der Waals surface area contributed by atoms with E-state index in [2.05, 4.69) is 4.98 Å². The van der Waals surface area contributed by atoms with Crippen molar-refractivity contribution in [2.45, 2.75) is 20.4 Å². The van der Waals surface area contributed by atoms with Gasteiger partial charge in [-0.2, -0.15) is 0 Å². The lowest BCUT2D eigenvalue weighted by molar-refractivity contribution is 0.0787. The zero-order valence-corrected chi connectivity index (χ0v) is 12.1. The second-order valence-electron chi connectivity index (χ2n) is 4.60. The van der Waals surface area contributed by atoms with Gasteiger partial charge >= 0.3 is 0 Å². The first-order valence-electron chi connectivity index (χ1n) is 6.00. The number of benzene rings is 1. The average molecular weight is 275 g/mol. The van der Waals surface area contributed by atoms with Gasteiger partial charge in [-0.05, 0) is 26.0 Å². The topological polar surface area (TPSA) is 59.2 Å². The minimum absolute atomic E-state index is 0.0627. The molecule has 0 spiro atoms. The van der Waals surface area contributed by atoms with Crippen molar-refractivity contribution >= 4 is 22.9 Å². The van der Waals surface area contributed by atoms with Crippen LogP contribution in [0.4, 0.5) is 5.69 Å². The highest BCUT2D eigenvalue weighted by Crippen LogP contribution is 2.18. The Morgan fingerprint density at radius 2 is 2.16 bits per heavy atom. The summed E-state index contributed by atoms with van der Waals surface area (Å²) in [7, 11) is 1.78. The van der Waals surface area contributed by atoms with E-state index in [9.17, 15) is 4.79 Å². The molecule has 1 heterocycles. The Hall–Kier alpha value is -1.88. The van der Waals surface area contributed by atoms with Gasteiger partial charge in [-0.25, -0.2) is 4.98 Å². The quantitative estimate of drug-likeness (QED) is 0.876. The third kappa shape index (κ3) is 3.12. The van der Waals surface area contributed by atoms with E-state index in [1.807, 2.05) is 32.2 Å². The molecule has 0 fully saturated rings. The fourth-order valence-electron chi connectivity index (χ4n) is 1.84. The van der Waals surface area contributed by atoms with E-state index < -0.39 is 0 Å². The Morgan fingerprint density at radius 3 is 2.79 bits per heavy atom. The lowest BCUT2D eigenvalue weighted by atomic mass is 10.1. The molecule has 0 unspecified atom stereocenters. The molecular formula is C14H17N3OS. The van der Waals surface area contributed by atoms with Crippen molar-refractivity contribution in [1.82, 2.24) is 9.88 Å². The highest BCUT2D eigenvalue weighted by atomic mass is 32.1. The van der Waals surface area contributed by atoms with Crippen molar-refractivity contribution in [2.75, 3.05) is 12.8 Å². The van der Waals surface area contributed by atoms with Crippen molar-refractivity contribution in [1.29, 1.82) is 0 Å². The summed E-state index contributed by atoms with van der Waals surface area (Å²) >= 11 is 1.60. The zero-order valence-electron chi connectivity index (χ0n) is 11.3. The van der Waals surface area contributed by atoms with Crippen molar-refractivity contribution in [2.24, 2.45) is 0 Å². The number of thiazole rings is 1. The minimum atomic E-state index is -0.0627. The second-order valence-corrected chi connectivity index (χ2v) is 5.92. The Bertz CT molecular complexity index is 606. The fourth-order valence-corrected chi connectivity index (χ4v) is 2.69. The van der Waals surface area contributed by atoms with Crippen molar-refractivity contribution < 1.29 is 4.79 Å². The first kappa shape index (κ1) is 13.5. The molecule has 4 nitrogen and oxygen atoms in total. The van der Waals surface area contributed by atoms with Crippen LogP contribution in [0.2, 0.25) is 0 Å². The van der Waals surface area contributed by atoms with Crippen LogP contribution in [0, 0.1) is 13.8 Å². The number of carbonyl (C=O) groups is 1. The molecule has 0 saturated heterocycles.